The van der Waals surface area contributed by atoms with Crippen LogP contribution in [-0.2, 0) is 19.1 Å². The van der Waals surface area contributed by atoms with Gasteiger partial charge < -0.3 is 30.6 Å². The Morgan fingerprint density at radius 3 is 2.30 bits per heavy atom. The van der Waals surface area contributed by atoms with E-state index in [2.05, 4.69) is 4.99 Å². The Labute approximate surface area is 190 Å². The number of carbonyl (C=O) groups excluding carboxylic acids is 3. The molecule has 0 aliphatic carbocycles. The van der Waals surface area contributed by atoms with Crippen LogP contribution in [0.2, 0.25) is 0 Å². The molecule has 1 aliphatic heterocycles. The van der Waals surface area contributed by atoms with Crippen molar-refractivity contribution in [2.24, 2.45) is 16.5 Å². The Kier molecular flexibility index (Phi) is 8.14. The van der Waals surface area contributed by atoms with Crippen LogP contribution < -0.4 is 16.2 Å². The van der Waals surface area contributed by atoms with Gasteiger partial charge in [-0.3, -0.25) is 4.79 Å². The zero-order valence-electron chi connectivity index (χ0n) is 17.8. The highest BCUT2D eigenvalue weighted by Gasteiger charge is 2.17. The molecule has 1 heterocycles. The lowest BCUT2D eigenvalue weighted by Gasteiger charge is -2.26. The average Bonchev–Trinajstić information content (AvgIpc) is 2.82. The van der Waals surface area contributed by atoms with Gasteiger partial charge in [-0.05, 0) is 48.0 Å². The second kappa shape index (κ2) is 11.4. The Hall–Kier alpha value is -4.18. The standard InChI is InChI=1S/C23H24N4O6/c24-23(25)26-18-6-4-17(5-7-18)22(30)33-19-8-1-16(2-9-19)3-10-21(29)32-15-20(28)27-11-13-31-14-12-27/h1-10H,11-15H2,(H4,24,25,26). The molecule has 1 saturated heterocycles. The van der Waals surface area contributed by atoms with Crippen molar-refractivity contribution < 1.29 is 28.6 Å². The predicted octanol–water partition coefficient (Wildman–Crippen LogP) is 1.23. The van der Waals surface area contributed by atoms with Gasteiger partial charge in [0, 0.05) is 19.2 Å². The zero-order valence-corrected chi connectivity index (χ0v) is 17.8. The molecule has 2 aromatic rings. The number of nitrogens with zero attached hydrogens (tertiary/aromatic N) is 2. The maximum Gasteiger partial charge on any atom is 0.343 e. The van der Waals surface area contributed by atoms with Crippen molar-refractivity contribution in [3.05, 3.63) is 65.7 Å². The number of carbonyl (C=O) groups is 3. The number of morpholine rings is 1. The van der Waals surface area contributed by atoms with Gasteiger partial charge in [-0.15, -0.1) is 0 Å². The van der Waals surface area contributed by atoms with Gasteiger partial charge in [0.15, 0.2) is 12.6 Å². The number of amides is 1. The number of rotatable bonds is 7. The van der Waals surface area contributed by atoms with E-state index in [0.29, 0.717) is 48.9 Å². The molecule has 0 radical (unpaired) electrons. The first-order valence-corrected chi connectivity index (χ1v) is 10.1. The fourth-order valence-electron chi connectivity index (χ4n) is 2.88. The lowest BCUT2D eigenvalue weighted by Crippen LogP contribution is -2.42. The number of nitrogens with two attached hydrogens (primary N) is 2. The van der Waals surface area contributed by atoms with Gasteiger partial charge in [0.2, 0.25) is 0 Å². The van der Waals surface area contributed by atoms with E-state index in [1.54, 1.807) is 53.4 Å². The Balaban J connectivity index is 1.47. The molecular formula is C23H24N4O6. The summed E-state index contributed by atoms with van der Waals surface area (Å²) in [4.78, 5) is 41.6. The summed E-state index contributed by atoms with van der Waals surface area (Å²) < 4.78 is 15.5. The highest BCUT2D eigenvalue weighted by molar-refractivity contribution is 5.92. The molecule has 4 N–H and O–H groups in total. The Morgan fingerprint density at radius 2 is 1.67 bits per heavy atom. The molecule has 3 rings (SSSR count). The van der Waals surface area contributed by atoms with E-state index < -0.39 is 11.9 Å². The van der Waals surface area contributed by atoms with Crippen molar-refractivity contribution in [1.29, 1.82) is 0 Å². The Morgan fingerprint density at radius 1 is 1.00 bits per heavy atom. The molecule has 0 saturated carbocycles. The first-order chi connectivity index (χ1) is 15.9. The van der Waals surface area contributed by atoms with Crippen LogP contribution in [0.5, 0.6) is 5.75 Å². The summed E-state index contributed by atoms with van der Waals surface area (Å²) in [5, 5.41) is 0. The molecule has 0 unspecified atom stereocenters. The molecule has 0 aromatic heterocycles. The van der Waals surface area contributed by atoms with E-state index in [-0.39, 0.29) is 18.5 Å². The third kappa shape index (κ3) is 7.47. The van der Waals surface area contributed by atoms with E-state index in [1.165, 1.54) is 12.2 Å². The predicted molar refractivity (Wildman–Crippen MR) is 121 cm³/mol. The van der Waals surface area contributed by atoms with Gasteiger partial charge >= 0.3 is 11.9 Å². The fraction of sp³-hybridized carbons (Fsp3) is 0.217. The van der Waals surface area contributed by atoms with Crippen molar-refractivity contribution in [2.75, 3.05) is 32.9 Å². The normalized spacial score (nSPS) is 13.4. The van der Waals surface area contributed by atoms with Crippen LogP contribution in [0.25, 0.3) is 6.08 Å². The number of guanidine groups is 1. The molecule has 1 amide bonds. The largest absolute Gasteiger partial charge is 0.452 e. The van der Waals surface area contributed by atoms with Crippen molar-refractivity contribution in [2.45, 2.75) is 0 Å². The first-order valence-electron chi connectivity index (χ1n) is 10.1. The van der Waals surface area contributed by atoms with Gasteiger partial charge in [-0.25, -0.2) is 14.6 Å². The van der Waals surface area contributed by atoms with E-state index in [4.69, 9.17) is 25.7 Å². The summed E-state index contributed by atoms with van der Waals surface area (Å²) in [7, 11) is 0. The fourth-order valence-corrected chi connectivity index (χ4v) is 2.88. The molecule has 1 fully saturated rings. The minimum Gasteiger partial charge on any atom is -0.452 e. The first kappa shape index (κ1) is 23.5. The lowest BCUT2D eigenvalue weighted by molar-refractivity contribution is -0.150. The van der Waals surface area contributed by atoms with E-state index in [0.717, 1.165) is 0 Å². The molecule has 0 bridgehead atoms. The van der Waals surface area contributed by atoms with Gasteiger partial charge in [0.1, 0.15) is 5.75 Å². The van der Waals surface area contributed by atoms with Crippen LogP contribution in [0, 0.1) is 0 Å². The minimum absolute atomic E-state index is 0.0748. The van der Waals surface area contributed by atoms with Gasteiger partial charge in [0.25, 0.3) is 5.91 Å². The minimum atomic E-state index is -0.628. The van der Waals surface area contributed by atoms with Crippen LogP contribution in [0.15, 0.2) is 59.6 Å². The number of hydrogen-bond acceptors (Lipinski definition) is 7. The molecule has 172 valence electrons. The summed E-state index contributed by atoms with van der Waals surface area (Å²) in [6.07, 6.45) is 2.77. The second-order valence-corrected chi connectivity index (χ2v) is 6.98. The second-order valence-electron chi connectivity index (χ2n) is 6.98. The van der Waals surface area contributed by atoms with E-state index in [9.17, 15) is 14.4 Å². The van der Waals surface area contributed by atoms with Crippen LogP contribution in [0.3, 0.4) is 0 Å². The molecule has 2 aromatic carbocycles. The average molecular weight is 452 g/mol. The lowest BCUT2D eigenvalue weighted by atomic mass is 10.2. The van der Waals surface area contributed by atoms with E-state index in [1.807, 2.05) is 0 Å². The summed E-state index contributed by atoms with van der Waals surface area (Å²) in [6.45, 7) is 1.64. The highest BCUT2D eigenvalue weighted by atomic mass is 16.5. The highest BCUT2D eigenvalue weighted by Crippen LogP contribution is 2.17. The number of hydrogen-bond donors (Lipinski definition) is 2. The third-order valence-electron chi connectivity index (χ3n) is 4.57. The van der Waals surface area contributed by atoms with E-state index >= 15 is 0 Å². The third-order valence-corrected chi connectivity index (χ3v) is 4.57. The topological polar surface area (TPSA) is 147 Å². The molecule has 10 heteroatoms. The van der Waals surface area contributed by atoms with Gasteiger partial charge in [-0.2, -0.15) is 0 Å². The number of benzene rings is 2. The smallest absolute Gasteiger partial charge is 0.343 e. The zero-order chi connectivity index (χ0) is 23.6. The summed E-state index contributed by atoms with van der Waals surface area (Å²) >= 11 is 0. The number of esters is 2. The Bertz CT molecular complexity index is 1040. The molecule has 33 heavy (non-hydrogen) atoms. The van der Waals surface area contributed by atoms with Crippen LogP contribution >= 0.6 is 0 Å². The SMILES string of the molecule is NC(N)=Nc1ccc(C(=O)Oc2ccc(C=CC(=O)OCC(=O)N3CCOCC3)cc2)cc1. The molecule has 0 atom stereocenters. The van der Waals surface area contributed by atoms with Gasteiger partial charge in [-0.1, -0.05) is 12.1 Å². The van der Waals surface area contributed by atoms with Crippen molar-refractivity contribution >= 4 is 35.6 Å². The quantitative estimate of drug-likeness (QED) is 0.210. The van der Waals surface area contributed by atoms with Crippen LogP contribution in [0.4, 0.5) is 5.69 Å². The summed E-state index contributed by atoms with van der Waals surface area (Å²) in [6, 6.07) is 12.8. The molecule has 10 nitrogen and oxygen atoms in total. The van der Waals surface area contributed by atoms with Gasteiger partial charge in [0.05, 0.1) is 24.5 Å². The van der Waals surface area contributed by atoms with Crippen molar-refractivity contribution in [3.63, 3.8) is 0 Å². The molecule has 0 spiro atoms. The van der Waals surface area contributed by atoms with Crippen LogP contribution in [-0.4, -0.2) is 61.6 Å². The maximum atomic E-state index is 12.3. The maximum absolute atomic E-state index is 12.3. The number of ether oxygens (including phenoxy) is 3. The monoisotopic (exact) mass is 452 g/mol. The molecule has 1 aliphatic rings. The van der Waals surface area contributed by atoms with Crippen molar-refractivity contribution in [3.8, 4) is 5.75 Å². The summed E-state index contributed by atoms with van der Waals surface area (Å²) in [5.74, 6) is -1.16. The van der Waals surface area contributed by atoms with Crippen molar-refractivity contribution in [1.82, 2.24) is 4.90 Å². The van der Waals surface area contributed by atoms with Crippen LogP contribution in [0.1, 0.15) is 15.9 Å². The number of aliphatic imine (C=N–C) groups is 1. The summed E-state index contributed by atoms with van der Waals surface area (Å²) in [5.41, 5.74) is 12.2. The molecular weight excluding hydrogens is 428 g/mol.